The van der Waals surface area contributed by atoms with E-state index in [0.29, 0.717) is 10.6 Å². The van der Waals surface area contributed by atoms with E-state index in [1.54, 1.807) is 31.5 Å². The molecule has 71 valence electrons. The van der Waals surface area contributed by atoms with Crippen molar-refractivity contribution >= 4 is 11.2 Å². The Bertz CT molecular complexity index is 243. The number of nitrogens with zero attached hydrogens (tertiary/aromatic N) is 1. The molecule has 0 amide bonds. The summed E-state index contributed by atoms with van der Waals surface area (Å²) < 4.78 is 11.5. The van der Waals surface area contributed by atoms with Crippen molar-refractivity contribution in [3.8, 4) is 0 Å². The normalized spacial score (nSPS) is 15.3. The van der Waals surface area contributed by atoms with Crippen LogP contribution in [-0.2, 0) is 16.3 Å². The van der Waals surface area contributed by atoms with Crippen LogP contribution in [0.4, 0.5) is 0 Å². The first-order valence-electron chi connectivity index (χ1n) is 4.10. The van der Waals surface area contributed by atoms with Crippen LogP contribution >= 0.6 is 0 Å². The van der Waals surface area contributed by atoms with Crippen LogP contribution in [0.2, 0.25) is 0 Å². The van der Waals surface area contributed by atoms with Gasteiger partial charge in [0, 0.05) is 12.1 Å². The Morgan fingerprint density at radius 1 is 1.69 bits per heavy atom. The average molecular weight is 198 g/mol. The van der Waals surface area contributed by atoms with Crippen molar-refractivity contribution in [1.82, 2.24) is 4.98 Å². The van der Waals surface area contributed by atoms with Crippen LogP contribution in [0.25, 0.3) is 0 Å². The third-order valence-electron chi connectivity index (χ3n) is 1.62. The number of hydrogen-bond donors (Lipinski definition) is 0. The second-order valence-corrected chi connectivity index (χ2v) is 4.47. The maximum atomic E-state index is 11.5. The Morgan fingerprint density at radius 2 is 2.46 bits per heavy atom. The van der Waals surface area contributed by atoms with Gasteiger partial charge in [0.2, 0.25) is 0 Å². The fourth-order valence-corrected chi connectivity index (χ4v) is 2.10. The van der Waals surface area contributed by atoms with Gasteiger partial charge in [-0.2, -0.15) is 0 Å². The summed E-state index contributed by atoms with van der Waals surface area (Å²) in [6.07, 6.45) is 3.21. The number of pyridine rings is 1. The predicted molar refractivity (Wildman–Crippen MR) is 50.2 cm³/mol. The molecule has 0 spiro atoms. The minimum atomic E-state index is -1.08. The van der Waals surface area contributed by atoms with E-state index < -0.39 is 11.2 Å². The molecule has 4 heteroatoms. The lowest BCUT2D eigenvalue weighted by atomic mass is 10.2. The molecule has 0 N–H and O–H groups in total. The molecule has 1 radical (unpaired) electrons. The van der Waals surface area contributed by atoms with Gasteiger partial charge in [-0.15, -0.1) is 0 Å². The molecule has 0 saturated heterocycles. The summed E-state index contributed by atoms with van der Waals surface area (Å²) in [6, 6.07) is 3.51. The highest BCUT2D eigenvalue weighted by Gasteiger charge is 2.15. The minimum absolute atomic E-state index is 0.0407. The van der Waals surface area contributed by atoms with Gasteiger partial charge in [-0.25, -0.2) is 5.11 Å². The van der Waals surface area contributed by atoms with Crippen molar-refractivity contribution in [1.29, 1.82) is 0 Å². The summed E-state index contributed by atoms with van der Waals surface area (Å²) in [5.74, 6) is 0.385. The molecule has 0 fully saturated rings. The molecule has 0 saturated carbocycles. The summed E-state index contributed by atoms with van der Waals surface area (Å²) in [4.78, 5) is 4.56. The largest absolute Gasteiger partial charge is 0.611 e. The van der Waals surface area contributed by atoms with Crippen LogP contribution in [0.5, 0.6) is 0 Å². The van der Waals surface area contributed by atoms with Crippen LogP contribution in [0.15, 0.2) is 29.4 Å². The Hall–Kier alpha value is -0.580. The SMILES string of the molecule is CC(C[O])C[S+]([O-])c1cccnc1. The second-order valence-electron chi connectivity index (χ2n) is 2.97. The minimum Gasteiger partial charge on any atom is -0.611 e. The Balaban J connectivity index is 2.53. The van der Waals surface area contributed by atoms with Gasteiger partial charge >= 0.3 is 0 Å². The van der Waals surface area contributed by atoms with Gasteiger partial charge in [0.15, 0.2) is 4.90 Å². The van der Waals surface area contributed by atoms with Crippen LogP contribution in [0.1, 0.15) is 6.92 Å². The molecular formula is C9H12NO2S. The lowest BCUT2D eigenvalue weighted by molar-refractivity contribution is 0.159. The van der Waals surface area contributed by atoms with Gasteiger partial charge in [0.1, 0.15) is 5.75 Å². The molecule has 1 aromatic rings. The van der Waals surface area contributed by atoms with Crippen molar-refractivity contribution in [2.24, 2.45) is 5.92 Å². The molecule has 1 rings (SSSR count). The second kappa shape index (κ2) is 5.21. The van der Waals surface area contributed by atoms with Crippen molar-refractivity contribution < 1.29 is 9.66 Å². The van der Waals surface area contributed by atoms with Gasteiger partial charge in [-0.05, 0) is 23.3 Å². The zero-order valence-electron chi connectivity index (χ0n) is 7.47. The monoisotopic (exact) mass is 198 g/mol. The molecule has 2 atom stereocenters. The molecule has 0 bridgehead atoms. The standard InChI is InChI=1S/C9H12NO2S/c1-8(6-11)7-13(12)9-3-2-4-10-5-9/h2-5,8H,6-7H2,1H3. The van der Waals surface area contributed by atoms with Gasteiger partial charge in [0.05, 0.1) is 12.8 Å². The van der Waals surface area contributed by atoms with Crippen molar-refractivity contribution in [3.05, 3.63) is 24.5 Å². The maximum Gasteiger partial charge on any atom is 0.170 e. The number of aromatic nitrogens is 1. The highest BCUT2D eigenvalue weighted by molar-refractivity contribution is 7.91. The molecule has 1 heterocycles. The van der Waals surface area contributed by atoms with Crippen LogP contribution < -0.4 is 0 Å². The lowest BCUT2D eigenvalue weighted by Gasteiger charge is -2.12. The first-order valence-corrected chi connectivity index (χ1v) is 5.42. The highest BCUT2D eigenvalue weighted by atomic mass is 32.2. The first kappa shape index (κ1) is 10.5. The summed E-state index contributed by atoms with van der Waals surface area (Å²) in [5.41, 5.74) is 0. The van der Waals surface area contributed by atoms with Gasteiger partial charge in [-0.1, -0.05) is 6.92 Å². The number of hydrogen-bond acceptors (Lipinski definition) is 2. The molecule has 0 aliphatic carbocycles. The quantitative estimate of drug-likeness (QED) is 0.684. The summed E-state index contributed by atoms with van der Waals surface area (Å²) in [7, 11) is 0. The van der Waals surface area contributed by atoms with E-state index in [0.717, 1.165) is 0 Å². The van der Waals surface area contributed by atoms with E-state index in [9.17, 15) is 9.66 Å². The van der Waals surface area contributed by atoms with E-state index in [1.165, 1.54) is 0 Å². The van der Waals surface area contributed by atoms with Crippen molar-refractivity contribution in [2.75, 3.05) is 12.4 Å². The average Bonchev–Trinajstić information content (AvgIpc) is 2.19. The van der Waals surface area contributed by atoms with Crippen molar-refractivity contribution in [3.63, 3.8) is 0 Å². The molecule has 1 aromatic heterocycles. The fourth-order valence-electron chi connectivity index (χ4n) is 0.885. The van der Waals surface area contributed by atoms with E-state index in [1.807, 2.05) is 0 Å². The van der Waals surface area contributed by atoms with Crippen LogP contribution in [0, 0.1) is 5.92 Å². The molecule has 0 aromatic carbocycles. The molecule has 0 aliphatic rings. The van der Waals surface area contributed by atoms with Crippen LogP contribution in [-0.4, -0.2) is 21.9 Å². The smallest absolute Gasteiger partial charge is 0.170 e. The van der Waals surface area contributed by atoms with Gasteiger partial charge in [-0.3, -0.25) is 4.98 Å². The fraction of sp³-hybridized carbons (Fsp3) is 0.444. The third-order valence-corrected chi connectivity index (χ3v) is 3.26. The Kier molecular flexibility index (Phi) is 4.21. The predicted octanol–water partition coefficient (Wildman–Crippen LogP) is 1.26. The molecule has 2 unspecified atom stereocenters. The zero-order chi connectivity index (χ0) is 9.68. The topological polar surface area (TPSA) is 55.8 Å². The summed E-state index contributed by atoms with van der Waals surface area (Å²) in [5, 5.41) is 10.4. The van der Waals surface area contributed by atoms with Crippen molar-refractivity contribution in [2.45, 2.75) is 11.8 Å². The molecule has 0 aliphatic heterocycles. The lowest BCUT2D eigenvalue weighted by Crippen LogP contribution is -2.16. The molecular weight excluding hydrogens is 186 g/mol. The van der Waals surface area contributed by atoms with E-state index in [-0.39, 0.29) is 12.5 Å². The van der Waals surface area contributed by atoms with E-state index in [2.05, 4.69) is 4.98 Å². The highest BCUT2D eigenvalue weighted by Crippen LogP contribution is 2.12. The maximum absolute atomic E-state index is 11.5. The van der Waals surface area contributed by atoms with Gasteiger partial charge < -0.3 is 4.55 Å². The van der Waals surface area contributed by atoms with E-state index in [4.69, 9.17) is 0 Å². The molecule has 13 heavy (non-hydrogen) atoms. The Labute approximate surface area is 81.0 Å². The Morgan fingerprint density at radius 3 is 3.00 bits per heavy atom. The molecule has 3 nitrogen and oxygen atoms in total. The first-order chi connectivity index (χ1) is 6.24. The summed E-state index contributed by atoms with van der Waals surface area (Å²) in [6.45, 7) is 1.63. The zero-order valence-corrected chi connectivity index (χ0v) is 8.29. The van der Waals surface area contributed by atoms with Gasteiger partial charge in [0.25, 0.3) is 0 Å². The summed E-state index contributed by atoms with van der Waals surface area (Å²) >= 11 is -1.08. The van der Waals surface area contributed by atoms with E-state index >= 15 is 0 Å². The van der Waals surface area contributed by atoms with Crippen LogP contribution in [0.3, 0.4) is 0 Å². The number of rotatable bonds is 4. The third kappa shape index (κ3) is 3.34.